The molecule has 102 valence electrons. The van der Waals surface area contributed by atoms with Gasteiger partial charge in [0, 0.05) is 25.0 Å². The number of carbonyl (C=O) groups excluding carboxylic acids is 1. The van der Waals surface area contributed by atoms with E-state index < -0.39 is 0 Å². The molecule has 4 heteroatoms. The predicted octanol–water partition coefficient (Wildman–Crippen LogP) is 3.03. The van der Waals surface area contributed by atoms with Crippen molar-refractivity contribution in [2.45, 2.75) is 25.4 Å². The molecule has 1 amide bonds. The van der Waals surface area contributed by atoms with Gasteiger partial charge in [-0.05, 0) is 42.7 Å². The summed E-state index contributed by atoms with van der Waals surface area (Å²) in [6.07, 6.45) is 5.31. The van der Waals surface area contributed by atoms with Crippen molar-refractivity contribution < 1.29 is 9.18 Å². The Morgan fingerprint density at radius 3 is 2.60 bits per heavy atom. The van der Waals surface area contributed by atoms with Crippen molar-refractivity contribution in [3.8, 4) is 0 Å². The van der Waals surface area contributed by atoms with Gasteiger partial charge < -0.3 is 4.90 Å². The monoisotopic (exact) mass is 270 g/mol. The van der Waals surface area contributed by atoms with E-state index >= 15 is 0 Å². The highest BCUT2D eigenvalue weighted by Gasteiger charge is 2.33. The summed E-state index contributed by atoms with van der Waals surface area (Å²) in [4.78, 5) is 18.4. The topological polar surface area (TPSA) is 33.2 Å². The fourth-order valence-corrected chi connectivity index (χ4v) is 2.19. The molecule has 3 nitrogen and oxygen atoms in total. The van der Waals surface area contributed by atoms with Crippen LogP contribution >= 0.6 is 0 Å². The van der Waals surface area contributed by atoms with Gasteiger partial charge in [-0.25, -0.2) is 4.39 Å². The molecule has 1 aromatic carbocycles. The van der Waals surface area contributed by atoms with Gasteiger partial charge in [0.2, 0.25) is 0 Å². The van der Waals surface area contributed by atoms with Crippen molar-refractivity contribution in [1.29, 1.82) is 0 Å². The van der Waals surface area contributed by atoms with Crippen LogP contribution in [0, 0.1) is 5.82 Å². The number of hydrogen-bond donors (Lipinski definition) is 0. The molecule has 1 aliphatic carbocycles. The van der Waals surface area contributed by atoms with Crippen LogP contribution in [-0.4, -0.2) is 21.8 Å². The number of amides is 1. The summed E-state index contributed by atoms with van der Waals surface area (Å²) in [5, 5.41) is 0. The molecule has 3 rings (SSSR count). The summed E-state index contributed by atoms with van der Waals surface area (Å²) >= 11 is 0. The first-order valence-corrected chi connectivity index (χ1v) is 6.69. The molecule has 0 bridgehead atoms. The third-order valence-electron chi connectivity index (χ3n) is 3.42. The molecule has 0 aliphatic heterocycles. The summed E-state index contributed by atoms with van der Waals surface area (Å²) in [5.74, 6) is -0.268. The molecule has 0 spiro atoms. The second-order valence-corrected chi connectivity index (χ2v) is 5.03. The highest BCUT2D eigenvalue weighted by molar-refractivity contribution is 5.94. The Labute approximate surface area is 117 Å². The second kappa shape index (κ2) is 5.41. The summed E-state index contributed by atoms with van der Waals surface area (Å²) in [5.41, 5.74) is 1.54. The van der Waals surface area contributed by atoms with E-state index in [1.54, 1.807) is 36.7 Å². The van der Waals surface area contributed by atoms with E-state index in [9.17, 15) is 9.18 Å². The number of hydrogen-bond acceptors (Lipinski definition) is 2. The molecule has 0 unspecified atom stereocenters. The van der Waals surface area contributed by atoms with Gasteiger partial charge >= 0.3 is 0 Å². The molecule has 2 aromatic rings. The Morgan fingerprint density at radius 2 is 2.00 bits per heavy atom. The molecule has 0 N–H and O–H groups in total. The largest absolute Gasteiger partial charge is 0.331 e. The van der Waals surface area contributed by atoms with E-state index in [-0.39, 0.29) is 11.7 Å². The van der Waals surface area contributed by atoms with Gasteiger partial charge in [-0.3, -0.25) is 9.78 Å². The Bertz CT molecular complexity index is 594. The van der Waals surface area contributed by atoms with E-state index in [1.165, 1.54) is 12.1 Å². The van der Waals surface area contributed by atoms with Crippen LogP contribution < -0.4 is 0 Å². The van der Waals surface area contributed by atoms with Gasteiger partial charge in [0.05, 0.1) is 5.56 Å². The Hall–Kier alpha value is -2.23. The summed E-state index contributed by atoms with van der Waals surface area (Å²) in [7, 11) is 0. The Balaban J connectivity index is 1.79. The van der Waals surface area contributed by atoms with Crippen LogP contribution in [0.1, 0.15) is 28.8 Å². The van der Waals surface area contributed by atoms with Gasteiger partial charge in [0.25, 0.3) is 5.91 Å². The molecule has 1 aliphatic rings. The molecule has 0 saturated heterocycles. The predicted molar refractivity (Wildman–Crippen MR) is 73.5 cm³/mol. The molecule has 0 atom stereocenters. The Morgan fingerprint density at radius 1 is 1.25 bits per heavy atom. The average molecular weight is 270 g/mol. The first-order chi connectivity index (χ1) is 9.74. The van der Waals surface area contributed by atoms with Crippen LogP contribution in [0.3, 0.4) is 0 Å². The lowest BCUT2D eigenvalue weighted by atomic mass is 10.2. The van der Waals surface area contributed by atoms with Crippen LogP contribution in [0.25, 0.3) is 0 Å². The minimum absolute atomic E-state index is 0.00933. The van der Waals surface area contributed by atoms with E-state index in [0.29, 0.717) is 18.2 Å². The van der Waals surface area contributed by atoms with Crippen molar-refractivity contribution in [1.82, 2.24) is 9.88 Å². The number of pyridine rings is 1. The average Bonchev–Trinajstić information content (AvgIpc) is 3.31. The lowest BCUT2D eigenvalue weighted by Crippen LogP contribution is -2.32. The summed E-state index contributed by atoms with van der Waals surface area (Å²) in [6.45, 7) is 0.513. The molecular weight excluding hydrogens is 255 g/mol. The molecular formula is C16H15FN2O. The minimum Gasteiger partial charge on any atom is -0.331 e. The number of carbonyl (C=O) groups is 1. The third-order valence-corrected chi connectivity index (χ3v) is 3.42. The standard InChI is InChI=1S/C16H15FN2O/c17-14-5-3-12(4-6-14)11-19(15-7-8-15)16(20)13-2-1-9-18-10-13/h1-6,9-10,15H,7-8,11H2. The number of nitrogens with zero attached hydrogens (tertiary/aromatic N) is 2. The number of benzene rings is 1. The maximum absolute atomic E-state index is 12.9. The highest BCUT2D eigenvalue weighted by Crippen LogP contribution is 2.29. The number of rotatable bonds is 4. The van der Waals surface area contributed by atoms with Crippen LogP contribution in [0.15, 0.2) is 48.8 Å². The second-order valence-electron chi connectivity index (χ2n) is 5.03. The first-order valence-electron chi connectivity index (χ1n) is 6.69. The lowest BCUT2D eigenvalue weighted by Gasteiger charge is -2.22. The van der Waals surface area contributed by atoms with Crippen molar-refractivity contribution in [3.05, 3.63) is 65.7 Å². The van der Waals surface area contributed by atoms with Gasteiger partial charge in [-0.1, -0.05) is 12.1 Å². The molecule has 0 radical (unpaired) electrons. The minimum atomic E-state index is -0.259. The summed E-state index contributed by atoms with van der Waals surface area (Å²) < 4.78 is 12.9. The van der Waals surface area contributed by atoms with Gasteiger partial charge in [0.1, 0.15) is 5.82 Å². The van der Waals surface area contributed by atoms with Gasteiger partial charge in [-0.2, -0.15) is 0 Å². The van der Waals surface area contributed by atoms with Gasteiger partial charge in [0.15, 0.2) is 0 Å². The molecule has 1 saturated carbocycles. The fourth-order valence-electron chi connectivity index (χ4n) is 2.19. The molecule has 1 aromatic heterocycles. The zero-order valence-electron chi connectivity index (χ0n) is 11.0. The maximum atomic E-state index is 12.9. The SMILES string of the molecule is O=C(c1cccnc1)N(Cc1ccc(F)cc1)C1CC1. The first kappa shape index (κ1) is 12.8. The number of halogens is 1. The molecule has 1 heterocycles. The highest BCUT2D eigenvalue weighted by atomic mass is 19.1. The third kappa shape index (κ3) is 2.85. The van der Waals surface area contributed by atoms with Crippen molar-refractivity contribution in [2.24, 2.45) is 0 Å². The fraction of sp³-hybridized carbons (Fsp3) is 0.250. The zero-order valence-corrected chi connectivity index (χ0v) is 11.0. The zero-order chi connectivity index (χ0) is 13.9. The summed E-state index contributed by atoms with van der Waals surface area (Å²) in [6, 6.07) is 10.1. The van der Waals surface area contributed by atoms with E-state index in [2.05, 4.69) is 4.98 Å². The normalized spacial score (nSPS) is 14.1. The van der Waals surface area contributed by atoms with Crippen LogP contribution in [0.4, 0.5) is 4.39 Å². The van der Waals surface area contributed by atoms with Crippen LogP contribution in [0.2, 0.25) is 0 Å². The Kier molecular flexibility index (Phi) is 3.46. The smallest absolute Gasteiger partial charge is 0.255 e. The lowest BCUT2D eigenvalue weighted by molar-refractivity contribution is 0.0729. The van der Waals surface area contributed by atoms with E-state index in [4.69, 9.17) is 0 Å². The van der Waals surface area contributed by atoms with Crippen LogP contribution in [-0.2, 0) is 6.54 Å². The molecule has 20 heavy (non-hydrogen) atoms. The van der Waals surface area contributed by atoms with Crippen molar-refractivity contribution in [2.75, 3.05) is 0 Å². The van der Waals surface area contributed by atoms with Crippen molar-refractivity contribution >= 4 is 5.91 Å². The quantitative estimate of drug-likeness (QED) is 0.855. The van der Waals surface area contributed by atoms with Crippen LogP contribution in [0.5, 0.6) is 0 Å². The number of aromatic nitrogens is 1. The van der Waals surface area contributed by atoms with Gasteiger partial charge in [-0.15, -0.1) is 0 Å². The maximum Gasteiger partial charge on any atom is 0.255 e. The molecule has 1 fully saturated rings. The van der Waals surface area contributed by atoms with E-state index in [1.807, 2.05) is 4.90 Å². The van der Waals surface area contributed by atoms with Crippen molar-refractivity contribution in [3.63, 3.8) is 0 Å². The van der Waals surface area contributed by atoms with E-state index in [0.717, 1.165) is 18.4 Å².